The summed E-state index contributed by atoms with van der Waals surface area (Å²) < 4.78 is 33.5. The Morgan fingerprint density at radius 3 is 2.36 bits per heavy atom. The predicted molar refractivity (Wildman–Crippen MR) is 95.8 cm³/mol. The third-order valence-corrected chi connectivity index (χ3v) is 4.24. The second kappa shape index (κ2) is 8.64. The fourth-order valence-electron chi connectivity index (χ4n) is 2.78. The molecular weight excluding hydrogens is 372 g/mol. The highest BCUT2D eigenvalue weighted by Crippen LogP contribution is 2.16. The summed E-state index contributed by atoms with van der Waals surface area (Å²) in [5.74, 6) is -0.178. The molecule has 1 fully saturated rings. The first-order valence-electron chi connectivity index (χ1n) is 8.67. The molecule has 2 amide bonds. The van der Waals surface area contributed by atoms with E-state index in [-0.39, 0.29) is 23.3 Å². The number of halogens is 2. The molecule has 1 aromatic carbocycles. The monoisotopic (exact) mass is 391 g/mol. The van der Waals surface area contributed by atoms with Crippen LogP contribution in [0.4, 0.5) is 8.78 Å². The van der Waals surface area contributed by atoms with E-state index in [1.165, 1.54) is 18.2 Å². The first-order chi connectivity index (χ1) is 13.4. The number of aromatic nitrogens is 1. The maximum atomic E-state index is 12.3. The molecule has 3 rings (SSSR count). The third kappa shape index (κ3) is 4.93. The van der Waals surface area contributed by atoms with Crippen LogP contribution in [0.1, 0.15) is 21.8 Å². The van der Waals surface area contributed by atoms with E-state index in [4.69, 9.17) is 4.52 Å². The molecule has 7 nitrogen and oxygen atoms in total. The largest absolute Gasteiger partial charge is 0.435 e. The van der Waals surface area contributed by atoms with Crippen molar-refractivity contribution in [2.45, 2.75) is 13.5 Å². The van der Waals surface area contributed by atoms with E-state index >= 15 is 0 Å². The Labute approximate surface area is 160 Å². The smallest absolute Gasteiger partial charge is 0.387 e. The fraction of sp³-hybridized carbons (Fsp3) is 0.316. The van der Waals surface area contributed by atoms with E-state index in [2.05, 4.69) is 9.89 Å². The van der Waals surface area contributed by atoms with Crippen molar-refractivity contribution in [3.8, 4) is 5.75 Å². The van der Waals surface area contributed by atoms with Crippen molar-refractivity contribution in [2.75, 3.05) is 26.2 Å². The minimum Gasteiger partial charge on any atom is -0.435 e. The van der Waals surface area contributed by atoms with Crippen molar-refractivity contribution in [1.82, 2.24) is 15.0 Å². The number of carbonyl (C=O) groups is 2. The van der Waals surface area contributed by atoms with Crippen LogP contribution in [0.2, 0.25) is 0 Å². The Morgan fingerprint density at radius 2 is 1.79 bits per heavy atom. The van der Waals surface area contributed by atoms with Gasteiger partial charge in [-0.05, 0) is 30.7 Å². The lowest BCUT2D eigenvalue weighted by atomic mass is 10.2. The van der Waals surface area contributed by atoms with Gasteiger partial charge < -0.3 is 19.1 Å². The Bertz CT molecular complexity index is 856. The van der Waals surface area contributed by atoms with E-state index in [1.807, 2.05) is 0 Å². The standard InChI is InChI=1S/C19H19F2N3O4/c1-13-12-16(28-22-13)18(26)24-10-8-23(9-11-24)17(25)7-4-14-2-5-15(6-3-14)27-19(20)21/h2-7,12,19H,8-11H2,1H3. The zero-order valence-corrected chi connectivity index (χ0v) is 15.2. The molecule has 0 saturated carbocycles. The van der Waals surface area contributed by atoms with Gasteiger partial charge in [-0.25, -0.2) is 0 Å². The normalized spacial score (nSPS) is 14.7. The fourth-order valence-corrected chi connectivity index (χ4v) is 2.78. The van der Waals surface area contributed by atoms with Crippen LogP contribution < -0.4 is 4.74 Å². The van der Waals surface area contributed by atoms with E-state index in [0.29, 0.717) is 37.4 Å². The maximum absolute atomic E-state index is 12.3. The number of ether oxygens (including phenoxy) is 1. The second-order valence-electron chi connectivity index (χ2n) is 6.23. The van der Waals surface area contributed by atoms with Gasteiger partial charge in [0.2, 0.25) is 11.7 Å². The van der Waals surface area contributed by atoms with Crippen LogP contribution in [0, 0.1) is 6.92 Å². The van der Waals surface area contributed by atoms with E-state index in [1.54, 1.807) is 41.0 Å². The minimum absolute atomic E-state index is 0.0567. The summed E-state index contributed by atoms with van der Waals surface area (Å²) in [5, 5.41) is 3.71. The van der Waals surface area contributed by atoms with E-state index in [0.717, 1.165) is 0 Å². The van der Waals surface area contributed by atoms with Gasteiger partial charge in [0.15, 0.2) is 0 Å². The number of aryl methyl sites for hydroxylation is 1. The van der Waals surface area contributed by atoms with Crippen LogP contribution in [-0.2, 0) is 4.79 Å². The maximum Gasteiger partial charge on any atom is 0.387 e. The highest BCUT2D eigenvalue weighted by atomic mass is 19.3. The third-order valence-electron chi connectivity index (χ3n) is 4.24. The zero-order chi connectivity index (χ0) is 20.1. The SMILES string of the molecule is Cc1cc(C(=O)N2CCN(C(=O)C=Cc3ccc(OC(F)F)cc3)CC2)on1. The molecule has 0 bridgehead atoms. The molecule has 0 spiro atoms. The number of benzene rings is 1. The summed E-state index contributed by atoms with van der Waals surface area (Å²) >= 11 is 0. The number of hydrogen-bond acceptors (Lipinski definition) is 5. The van der Waals surface area contributed by atoms with Gasteiger partial charge in [0.1, 0.15) is 5.75 Å². The lowest BCUT2D eigenvalue weighted by molar-refractivity contribution is -0.127. The summed E-state index contributed by atoms with van der Waals surface area (Å²) in [6, 6.07) is 7.56. The molecule has 9 heteroatoms. The number of hydrogen-bond donors (Lipinski definition) is 0. The number of alkyl halides is 2. The molecule has 2 aromatic rings. The van der Waals surface area contributed by atoms with Gasteiger partial charge >= 0.3 is 6.61 Å². The number of amides is 2. The Balaban J connectivity index is 1.51. The average Bonchev–Trinajstić information content (AvgIpc) is 3.12. The molecule has 0 unspecified atom stereocenters. The molecule has 0 radical (unpaired) electrons. The Hall–Kier alpha value is -3.23. The van der Waals surface area contributed by atoms with Crippen LogP contribution in [0.3, 0.4) is 0 Å². The van der Waals surface area contributed by atoms with Crippen molar-refractivity contribution in [3.63, 3.8) is 0 Å². The molecule has 1 saturated heterocycles. The average molecular weight is 391 g/mol. The molecule has 0 atom stereocenters. The Morgan fingerprint density at radius 1 is 1.14 bits per heavy atom. The topological polar surface area (TPSA) is 75.9 Å². The quantitative estimate of drug-likeness (QED) is 0.733. The van der Waals surface area contributed by atoms with Gasteiger partial charge in [-0.2, -0.15) is 8.78 Å². The highest BCUT2D eigenvalue weighted by molar-refractivity contribution is 5.93. The van der Waals surface area contributed by atoms with Crippen LogP contribution >= 0.6 is 0 Å². The summed E-state index contributed by atoms with van der Waals surface area (Å²) in [7, 11) is 0. The van der Waals surface area contributed by atoms with Gasteiger partial charge in [-0.1, -0.05) is 17.3 Å². The van der Waals surface area contributed by atoms with E-state index < -0.39 is 6.61 Å². The van der Waals surface area contributed by atoms with Crippen LogP contribution in [0.5, 0.6) is 5.75 Å². The number of piperazine rings is 1. The molecule has 148 valence electrons. The molecular formula is C19H19F2N3O4. The van der Waals surface area contributed by atoms with Crippen molar-refractivity contribution >= 4 is 17.9 Å². The van der Waals surface area contributed by atoms with Gasteiger partial charge in [0.05, 0.1) is 5.69 Å². The van der Waals surface area contributed by atoms with Crippen LogP contribution in [-0.4, -0.2) is 59.6 Å². The summed E-state index contributed by atoms with van der Waals surface area (Å²) in [6.45, 7) is 0.478. The summed E-state index contributed by atoms with van der Waals surface area (Å²) in [6.07, 6.45) is 3.02. The number of nitrogens with zero attached hydrogens (tertiary/aromatic N) is 3. The number of rotatable bonds is 5. The molecule has 1 aromatic heterocycles. The highest BCUT2D eigenvalue weighted by Gasteiger charge is 2.26. The van der Waals surface area contributed by atoms with Crippen molar-refractivity contribution < 1.29 is 27.6 Å². The summed E-state index contributed by atoms with van der Waals surface area (Å²) in [4.78, 5) is 27.9. The van der Waals surface area contributed by atoms with Crippen molar-refractivity contribution in [3.05, 3.63) is 53.4 Å². The van der Waals surface area contributed by atoms with Crippen LogP contribution in [0.25, 0.3) is 6.08 Å². The van der Waals surface area contributed by atoms with Crippen molar-refractivity contribution in [1.29, 1.82) is 0 Å². The Kier molecular flexibility index (Phi) is 6.03. The first kappa shape index (κ1) is 19.5. The molecule has 1 aliphatic heterocycles. The van der Waals surface area contributed by atoms with Gasteiger partial charge in [-0.15, -0.1) is 0 Å². The molecule has 0 N–H and O–H groups in total. The van der Waals surface area contributed by atoms with Crippen molar-refractivity contribution in [2.24, 2.45) is 0 Å². The lowest BCUT2D eigenvalue weighted by Crippen LogP contribution is -2.50. The first-order valence-corrected chi connectivity index (χ1v) is 8.67. The van der Waals surface area contributed by atoms with Gasteiger partial charge in [-0.3, -0.25) is 9.59 Å². The van der Waals surface area contributed by atoms with E-state index in [9.17, 15) is 18.4 Å². The number of carbonyl (C=O) groups excluding carboxylic acids is 2. The lowest BCUT2D eigenvalue weighted by Gasteiger charge is -2.33. The molecule has 1 aliphatic rings. The second-order valence-corrected chi connectivity index (χ2v) is 6.23. The zero-order valence-electron chi connectivity index (χ0n) is 15.2. The minimum atomic E-state index is -2.87. The van der Waals surface area contributed by atoms with Crippen LogP contribution in [0.15, 0.2) is 40.9 Å². The van der Waals surface area contributed by atoms with Gasteiger partial charge in [0, 0.05) is 38.3 Å². The predicted octanol–water partition coefficient (Wildman–Crippen LogP) is 2.58. The molecule has 2 heterocycles. The summed E-state index contributed by atoms with van der Waals surface area (Å²) in [5.41, 5.74) is 1.32. The molecule has 28 heavy (non-hydrogen) atoms. The van der Waals surface area contributed by atoms with Gasteiger partial charge in [0.25, 0.3) is 5.91 Å². The molecule has 0 aliphatic carbocycles.